The van der Waals surface area contributed by atoms with Gasteiger partial charge in [0.2, 0.25) is 12.7 Å². The lowest BCUT2D eigenvalue weighted by Gasteiger charge is -2.08. The summed E-state index contributed by atoms with van der Waals surface area (Å²) < 4.78 is 48.3. The molecule has 0 spiro atoms. The quantitative estimate of drug-likeness (QED) is 0.860. The zero-order valence-corrected chi connectivity index (χ0v) is 12.3. The van der Waals surface area contributed by atoms with Crippen LogP contribution >= 0.6 is 0 Å². The molecule has 0 aromatic heterocycles. The van der Waals surface area contributed by atoms with E-state index in [4.69, 9.17) is 9.47 Å². The first-order valence-corrected chi connectivity index (χ1v) is 6.98. The second-order valence-electron chi connectivity index (χ2n) is 5.01. The van der Waals surface area contributed by atoms with Gasteiger partial charge in [0, 0.05) is 11.8 Å². The number of rotatable bonds is 3. The fraction of sp³-hybridized carbons (Fsp3) is 0.118. The van der Waals surface area contributed by atoms with Crippen molar-refractivity contribution < 1.29 is 27.4 Å². The Kier molecular flexibility index (Phi) is 4.16. The average Bonchev–Trinajstić information content (AvgIpc) is 3.00. The van der Waals surface area contributed by atoms with Crippen LogP contribution in [0.1, 0.15) is 11.1 Å². The summed E-state index contributed by atoms with van der Waals surface area (Å²) in [5.41, 5.74) is -0.0383. The number of benzene rings is 2. The zero-order chi connectivity index (χ0) is 17.2. The van der Waals surface area contributed by atoms with Crippen LogP contribution in [0.4, 0.5) is 18.9 Å². The van der Waals surface area contributed by atoms with E-state index in [0.717, 1.165) is 12.1 Å². The predicted octanol–water partition coefficient (Wildman–Crippen LogP) is 4.09. The number of fused-ring (bicyclic) bond motifs is 1. The Labute approximate surface area is 135 Å². The minimum Gasteiger partial charge on any atom is -0.454 e. The molecule has 7 heteroatoms. The van der Waals surface area contributed by atoms with E-state index >= 15 is 0 Å². The Morgan fingerprint density at radius 1 is 1.08 bits per heavy atom. The van der Waals surface area contributed by atoms with E-state index in [9.17, 15) is 18.0 Å². The number of amides is 1. The van der Waals surface area contributed by atoms with Crippen LogP contribution in [0.3, 0.4) is 0 Å². The molecule has 1 aliphatic heterocycles. The van der Waals surface area contributed by atoms with Gasteiger partial charge in [-0.25, -0.2) is 0 Å². The summed E-state index contributed by atoms with van der Waals surface area (Å²) >= 11 is 0. The maximum Gasteiger partial charge on any atom is 0.416 e. The van der Waals surface area contributed by atoms with Crippen LogP contribution in [0.5, 0.6) is 11.5 Å². The molecule has 1 amide bonds. The van der Waals surface area contributed by atoms with Crippen molar-refractivity contribution in [2.45, 2.75) is 6.18 Å². The van der Waals surface area contributed by atoms with Crippen molar-refractivity contribution in [2.24, 2.45) is 0 Å². The van der Waals surface area contributed by atoms with Crippen molar-refractivity contribution in [3.05, 3.63) is 59.7 Å². The number of carbonyl (C=O) groups excluding carboxylic acids is 1. The summed E-state index contributed by atoms with van der Waals surface area (Å²) in [7, 11) is 0. The number of ether oxygens (including phenoxy) is 2. The molecular formula is C17H12F3NO3. The van der Waals surface area contributed by atoms with Gasteiger partial charge in [0.25, 0.3) is 0 Å². The molecule has 0 unspecified atom stereocenters. The van der Waals surface area contributed by atoms with Crippen molar-refractivity contribution in [3.8, 4) is 11.5 Å². The highest BCUT2D eigenvalue weighted by Crippen LogP contribution is 2.33. The van der Waals surface area contributed by atoms with Crippen LogP contribution in [-0.2, 0) is 11.0 Å². The van der Waals surface area contributed by atoms with Gasteiger partial charge in [-0.3, -0.25) is 4.79 Å². The van der Waals surface area contributed by atoms with E-state index in [1.807, 2.05) is 0 Å². The molecule has 0 atom stereocenters. The Balaban J connectivity index is 1.67. The molecule has 0 saturated heterocycles. The van der Waals surface area contributed by atoms with Crippen molar-refractivity contribution >= 4 is 17.7 Å². The first kappa shape index (κ1) is 15.9. The number of nitrogens with one attached hydrogen (secondary N) is 1. The summed E-state index contributed by atoms with van der Waals surface area (Å²) in [5, 5.41) is 2.40. The molecule has 1 heterocycles. The lowest BCUT2D eigenvalue weighted by molar-refractivity contribution is -0.137. The highest BCUT2D eigenvalue weighted by atomic mass is 19.4. The van der Waals surface area contributed by atoms with Gasteiger partial charge in [-0.1, -0.05) is 12.1 Å². The smallest absolute Gasteiger partial charge is 0.416 e. The molecule has 3 rings (SSSR count). The molecule has 24 heavy (non-hydrogen) atoms. The summed E-state index contributed by atoms with van der Waals surface area (Å²) in [6, 6.07) is 9.61. The molecule has 4 nitrogen and oxygen atoms in total. The third-order valence-corrected chi connectivity index (χ3v) is 3.28. The van der Waals surface area contributed by atoms with E-state index in [1.54, 1.807) is 18.2 Å². The number of halogens is 3. The Bertz CT molecular complexity index is 800. The predicted molar refractivity (Wildman–Crippen MR) is 81.7 cm³/mol. The van der Waals surface area contributed by atoms with E-state index in [0.29, 0.717) is 17.1 Å². The lowest BCUT2D eigenvalue weighted by Crippen LogP contribution is -2.10. The molecule has 1 aliphatic rings. The summed E-state index contributed by atoms with van der Waals surface area (Å²) in [6.45, 7) is 0.151. The minimum atomic E-state index is -4.46. The van der Waals surface area contributed by atoms with Gasteiger partial charge < -0.3 is 14.8 Å². The first-order chi connectivity index (χ1) is 11.4. The van der Waals surface area contributed by atoms with E-state index in [1.165, 1.54) is 24.3 Å². The number of alkyl halides is 3. The lowest BCUT2D eigenvalue weighted by atomic mass is 10.2. The van der Waals surface area contributed by atoms with Gasteiger partial charge in [0.05, 0.1) is 5.56 Å². The summed E-state index contributed by atoms with van der Waals surface area (Å²) in [4.78, 5) is 11.8. The fourth-order valence-electron chi connectivity index (χ4n) is 2.15. The molecule has 0 aliphatic carbocycles. The van der Waals surface area contributed by atoms with Gasteiger partial charge in [-0.2, -0.15) is 13.2 Å². The highest BCUT2D eigenvalue weighted by molar-refractivity contribution is 6.02. The average molecular weight is 335 g/mol. The summed E-state index contributed by atoms with van der Waals surface area (Å²) in [6.07, 6.45) is -1.69. The minimum absolute atomic E-state index is 0.0742. The summed E-state index contributed by atoms with van der Waals surface area (Å²) in [5.74, 6) is 0.669. The van der Waals surface area contributed by atoms with E-state index in [2.05, 4.69) is 5.32 Å². The van der Waals surface area contributed by atoms with Crippen molar-refractivity contribution in [1.82, 2.24) is 0 Å². The van der Waals surface area contributed by atoms with Crippen LogP contribution in [-0.4, -0.2) is 12.7 Å². The standard InChI is InChI=1S/C17H12F3NO3/c18-17(19,20)12-2-1-3-13(9-12)21-16(22)7-5-11-4-6-14-15(8-11)24-10-23-14/h1-9H,10H2,(H,21,22)/b7-5+. The molecule has 2 aromatic rings. The van der Waals surface area contributed by atoms with Crippen LogP contribution in [0.25, 0.3) is 6.08 Å². The number of carbonyl (C=O) groups is 1. The van der Waals surface area contributed by atoms with Crippen LogP contribution in [0, 0.1) is 0 Å². The van der Waals surface area contributed by atoms with Crippen LogP contribution in [0.15, 0.2) is 48.5 Å². The number of anilines is 1. The zero-order valence-electron chi connectivity index (χ0n) is 12.3. The highest BCUT2D eigenvalue weighted by Gasteiger charge is 2.30. The monoisotopic (exact) mass is 335 g/mol. The van der Waals surface area contributed by atoms with Gasteiger partial charge in [-0.15, -0.1) is 0 Å². The fourth-order valence-corrected chi connectivity index (χ4v) is 2.15. The largest absolute Gasteiger partial charge is 0.454 e. The molecule has 1 N–H and O–H groups in total. The van der Waals surface area contributed by atoms with E-state index in [-0.39, 0.29) is 12.5 Å². The Morgan fingerprint density at radius 3 is 2.67 bits per heavy atom. The van der Waals surface area contributed by atoms with Gasteiger partial charge in [0.15, 0.2) is 11.5 Å². The van der Waals surface area contributed by atoms with Crippen LogP contribution in [0.2, 0.25) is 0 Å². The third-order valence-electron chi connectivity index (χ3n) is 3.28. The maximum atomic E-state index is 12.6. The number of hydrogen-bond donors (Lipinski definition) is 1. The molecule has 0 bridgehead atoms. The number of hydrogen-bond acceptors (Lipinski definition) is 3. The third kappa shape index (κ3) is 3.68. The normalized spacial score (nSPS) is 13.3. The SMILES string of the molecule is O=C(/C=C/c1ccc2c(c1)OCO2)Nc1cccc(C(F)(F)F)c1. The Hall–Kier alpha value is -2.96. The Morgan fingerprint density at radius 2 is 1.88 bits per heavy atom. The van der Waals surface area contributed by atoms with Crippen molar-refractivity contribution in [3.63, 3.8) is 0 Å². The van der Waals surface area contributed by atoms with E-state index < -0.39 is 17.6 Å². The molecule has 2 aromatic carbocycles. The maximum absolute atomic E-state index is 12.6. The molecule has 0 radical (unpaired) electrons. The molecule has 0 saturated carbocycles. The van der Waals surface area contributed by atoms with Crippen molar-refractivity contribution in [1.29, 1.82) is 0 Å². The van der Waals surface area contributed by atoms with Gasteiger partial charge in [-0.05, 0) is 42.0 Å². The first-order valence-electron chi connectivity index (χ1n) is 6.98. The molecular weight excluding hydrogens is 323 g/mol. The molecule has 0 fully saturated rings. The second kappa shape index (κ2) is 6.27. The second-order valence-corrected chi connectivity index (χ2v) is 5.01. The topological polar surface area (TPSA) is 47.6 Å². The van der Waals surface area contributed by atoms with Crippen LogP contribution < -0.4 is 14.8 Å². The molecule has 124 valence electrons. The van der Waals surface area contributed by atoms with Gasteiger partial charge in [0.1, 0.15) is 0 Å². The van der Waals surface area contributed by atoms with Crippen molar-refractivity contribution in [2.75, 3.05) is 12.1 Å². The van der Waals surface area contributed by atoms with Gasteiger partial charge >= 0.3 is 6.18 Å².